The normalized spacial score (nSPS) is 11.3. The Bertz CT molecular complexity index is 482. The van der Waals surface area contributed by atoms with Crippen LogP contribution >= 0.6 is 0 Å². The molecular weight excluding hydrogens is 310 g/mol. The number of rotatable bonds is 1. The number of carbonyl (C=O) groups is 1. The standard InChI is InChI=1S/C15H22O3.H2O.Zn/c1-14(2,3)9-7-10(13(17)18)12(16)11(8-9)15(4,5)6;;/h7-8,16H,1-6H3,(H,17,18);1H2;. The van der Waals surface area contributed by atoms with Crippen LogP contribution in [-0.4, -0.2) is 21.7 Å². The minimum absolute atomic E-state index is 0. The minimum atomic E-state index is -1.09. The van der Waals surface area contributed by atoms with E-state index in [9.17, 15) is 15.0 Å². The zero-order valence-corrected chi connectivity index (χ0v) is 16.1. The SMILES string of the molecule is CC(C)(C)c1cc(C(=O)O)c(O)c(C(C)(C)C)c1.O.[Zn]. The Kier molecular flexibility index (Phi) is 7.14. The third-order valence-electron chi connectivity index (χ3n) is 3.01. The largest absolute Gasteiger partial charge is 0.507 e. The van der Waals surface area contributed by atoms with E-state index in [2.05, 4.69) is 0 Å². The molecule has 1 aromatic carbocycles. The molecule has 0 aromatic heterocycles. The molecule has 0 saturated heterocycles. The van der Waals surface area contributed by atoms with Crippen LogP contribution in [0.2, 0.25) is 0 Å². The monoisotopic (exact) mass is 332 g/mol. The van der Waals surface area contributed by atoms with Gasteiger partial charge in [0, 0.05) is 25.0 Å². The van der Waals surface area contributed by atoms with Gasteiger partial charge in [-0.25, -0.2) is 4.79 Å². The maximum absolute atomic E-state index is 11.2. The van der Waals surface area contributed by atoms with Crippen LogP contribution in [0.5, 0.6) is 5.75 Å². The number of hydrogen-bond acceptors (Lipinski definition) is 2. The van der Waals surface area contributed by atoms with E-state index >= 15 is 0 Å². The summed E-state index contributed by atoms with van der Waals surface area (Å²) in [6.07, 6.45) is 0. The first-order valence-corrected chi connectivity index (χ1v) is 6.06. The first kappa shape index (κ1) is 21.4. The Morgan fingerprint density at radius 3 is 1.75 bits per heavy atom. The summed E-state index contributed by atoms with van der Waals surface area (Å²) in [6, 6.07) is 3.47. The number of hydrogen-bond donors (Lipinski definition) is 2. The molecule has 0 amide bonds. The second kappa shape index (κ2) is 6.68. The molecule has 0 aliphatic carbocycles. The fraction of sp³-hybridized carbons (Fsp3) is 0.533. The van der Waals surface area contributed by atoms with E-state index in [1.165, 1.54) is 0 Å². The third kappa shape index (κ3) is 4.57. The Morgan fingerprint density at radius 2 is 1.45 bits per heavy atom. The van der Waals surface area contributed by atoms with Gasteiger partial charge in [0.2, 0.25) is 0 Å². The molecule has 0 fully saturated rings. The van der Waals surface area contributed by atoms with E-state index in [-0.39, 0.29) is 47.1 Å². The van der Waals surface area contributed by atoms with Gasteiger partial charge in [0.15, 0.2) is 0 Å². The molecular formula is C15H24O4Zn. The quantitative estimate of drug-likeness (QED) is 0.774. The van der Waals surface area contributed by atoms with Gasteiger partial charge in [0.05, 0.1) is 0 Å². The Balaban J connectivity index is 0. The molecule has 20 heavy (non-hydrogen) atoms. The third-order valence-corrected chi connectivity index (χ3v) is 3.01. The summed E-state index contributed by atoms with van der Waals surface area (Å²) in [7, 11) is 0. The predicted molar refractivity (Wildman–Crippen MR) is 76.1 cm³/mol. The number of carboxylic acid groups (broad SMARTS) is 1. The Hall–Kier alpha value is -0.927. The molecule has 0 unspecified atom stereocenters. The van der Waals surface area contributed by atoms with Crippen LogP contribution in [0.15, 0.2) is 12.1 Å². The van der Waals surface area contributed by atoms with Crippen LogP contribution in [0, 0.1) is 0 Å². The number of phenols is 1. The van der Waals surface area contributed by atoms with Crippen molar-refractivity contribution in [2.45, 2.75) is 52.4 Å². The molecule has 0 aliphatic heterocycles. The van der Waals surface area contributed by atoms with Gasteiger partial charge >= 0.3 is 5.97 Å². The van der Waals surface area contributed by atoms with Crippen molar-refractivity contribution in [3.05, 3.63) is 28.8 Å². The van der Waals surface area contributed by atoms with Crippen molar-refractivity contribution < 1.29 is 40.0 Å². The maximum Gasteiger partial charge on any atom is 0.339 e. The van der Waals surface area contributed by atoms with E-state index in [1.54, 1.807) is 6.07 Å². The van der Waals surface area contributed by atoms with E-state index < -0.39 is 5.97 Å². The molecule has 110 valence electrons. The van der Waals surface area contributed by atoms with Crippen molar-refractivity contribution in [2.24, 2.45) is 0 Å². The Labute approximate surface area is 133 Å². The van der Waals surface area contributed by atoms with Gasteiger partial charge in [-0.1, -0.05) is 47.6 Å². The van der Waals surface area contributed by atoms with Gasteiger partial charge in [-0.05, 0) is 22.5 Å². The molecule has 1 aromatic rings. The number of benzene rings is 1. The summed E-state index contributed by atoms with van der Waals surface area (Å²) in [5.41, 5.74) is 1.12. The summed E-state index contributed by atoms with van der Waals surface area (Å²) < 4.78 is 0. The second-order valence-corrected chi connectivity index (χ2v) is 6.73. The summed E-state index contributed by atoms with van der Waals surface area (Å²) >= 11 is 0. The molecule has 0 saturated carbocycles. The zero-order valence-electron chi connectivity index (χ0n) is 13.2. The van der Waals surface area contributed by atoms with Crippen LogP contribution in [0.25, 0.3) is 0 Å². The molecule has 0 atom stereocenters. The van der Waals surface area contributed by atoms with Gasteiger partial charge in [-0.3, -0.25) is 0 Å². The Morgan fingerprint density at radius 1 is 1.00 bits per heavy atom. The van der Waals surface area contributed by atoms with Crippen molar-refractivity contribution in [3.63, 3.8) is 0 Å². The summed E-state index contributed by atoms with van der Waals surface area (Å²) in [5.74, 6) is -1.22. The molecule has 0 spiro atoms. The maximum atomic E-state index is 11.2. The first-order chi connectivity index (χ1) is 7.94. The topological polar surface area (TPSA) is 89.0 Å². The predicted octanol–water partition coefficient (Wildman–Crippen LogP) is 2.86. The van der Waals surface area contributed by atoms with E-state index in [0.717, 1.165) is 5.56 Å². The summed E-state index contributed by atoms with van der Waals surface area (Å²) in [4.78, 5) is 11.2. The average molecular weight is 334 g/mol. The van der Waals surface area contributed by atoms with Crippen LogP contribution in [0.1, 0.15) is 63.0 Å². The minimum Gasteiger partial charge on any atom is -0.507 e. The van der Waals surface area contributed by atoms with Crippen LogP contribution in [-0.2, 0) is 30.3 Å². The van der Waals surface area contributed by atoms with Crippen molar-refractivity contribution in [3.8, 4) is 5.75 Å². The molecule has 4 nitrogen and oxygen atoms in total. The molecule has 1 rings (SSSR count). The van der Waals surface area contributed by atoms with E-state index in [1.807, 2.05) is 47.6 Å². The zero-order chi connectivity index (χ0) is 14.3. The first-order valence-electron chi connectivity index (χ1n) is 6.06. The molecule has 4 N–H and O–H groups in total. The second-order valence-electron chi connectivity index (χ2n) is 6.73. The fourth-order valence-electron chi connectivity index (χ4n) is 1.80. The van der Waals surface area contributed by atoms with Gasteiger partial charge in [0.25, 0.3) is 0 Å². The number of aromatic hydroxyl groups is 1. The van der Waals surface area contributed by atoms with Gasteiger partial charge in [-0.15, -0.1) is 0 Å². The summed E-state index contributed by atoms with van der Waals surface area (Å²) in [6.45, 7) is 12.0. The molecule has 5 heteroatoms. The van der Waals surface area contributed by atoms with Crippen LogP contribution < -0.4 is 0 Å². The van der Waals surface area contributed by atoms with Gasteiger partial charge < -0.3 is 15.7 Å². The van der Waals surface area contributed by atoms with Crippen molar-refractivity contribution in [1.29, 1.82) is 0 Å². The van der Waals surface area contributed by atoms with Gasteiger partial charge in [-0.2, -0.15) is 0 Å². The van der Waals surface area contributed by atoms with E-state index in [0.29, 0.717) is 5.56 Å². The molecule has 0 radical (unpaired) electrons. The van der Waals surface area contributed by atoms with Crippen LogP contribution in [0.4, 0.5) is 0 Å². The van der Waals surface area contributed by atoms with Crippen molar-refractivity contribution in [1.82, 2.24) is 0 Å². The average Bonchev–Trinajstić information content (AvgIpc) is 2.13. The van der Waals surface area contributed by atoms with E-state index in [4.69, 9.17) is 0 Å². The fourth-order valence-corrected chi connectivity index (χ4v) is 1.80. The number of aromatic carboxylic acids is 1. The smallest absolute Gasteiger partial charge is 0.339 e. The summed E-state index contributed by atoms with van der Waals surface area (Å²) in [5, 5.41) is 19.3. The van der Waals surface area contributed by atoms with Crippen molar-refractivity contribution in [2.75, 3.05) is 0 Å². The van der Waals surface area contributed by atoms with Crippen molar-refractivity contribution >= 4 is 5.97 Å². The molecule has 0 bridgehead atoms. The number of carboxylic acids is 1. The van der Waals surface area contributed by atoms with Gasteiger partial charge in [0.1, 0.15) is 11.3 Å². The molecule has 0 heterocycles. The molecule has 0 aliphatic rings. The van der Waals surface area contributed by atoms with Crippen LogP contribution in [0.3, 0.4) is 0 Å².